The Hall–Kier alpha value is -1.62. The Kier molecular flexibility index (Phi) is 3.50. The molecule has 0 radical (unpaired) electrons. The van der Waals surface area contributed by atoms with E-state index in [1.807, 2.05) is 27.7 Å². The number of carbonyl (C=O) groups is 1. The summed E-state index contributed by atoms with van der Waals surface area (Å²) >= 11 is 0. The summed E-state index contributed by atoms with van der Waals surface area (Å²) in [5.74, 6) is -2.00. The van der Waals surface area contributed by atoms with Crippen LogP contribution in [0.25, 0.3) is 0 Å². The number of benzene rings is 1. The molecule has 110 valence electrons. The predicted molar refractivity (Wildman–Crippen MR) is 74.6 cm³/mol. The van der Waals surface area contributed by atoms with Gasteiger partial charge in [0.25, 0.3) is 0 Å². The second-order valence-corrected chi connectivity index (χ2v) is 6.37. The summed E-state index contributed by atoms with van der Waals surface area (Å²) in [5, 5.41) is 12.2. The molecule has 1 fully saturated rings. The highest BCUT2D eigenvalue weighted by atomic mass is 19.1. The highest BCUT2D eigenvalue weighted by molar-refractivity contribution is 5.89. The molecule has 1 atom stereocenters. The van der Waals surface area contributed by atoms with Gasteiger partial charge in [-0.1, -0.05) is 0 Å². The number of aromatic carboxylic acids is 1. The van der Waals surface area contributed by atoms with Gasteiger partial charge in [0.2, 0.25) is 0 Å². The normalized spacial score (nSPS) is 23.6. The Morgan fingerprint density at radius 2 is 2.05 bits per heavy atom. The summed E-state index contributed by atoms with van der Waals surface area (Å²) in [5.41, 5.74) is -0.355. The zero-order valence-corrected chi connectivity index (χ0v) is 12.2. The lowest BCUT2D eigenvalue weighted by molar-refractivity contribution is -0.0662. The maximum Gasteiger partial charge on any atom is 0.338 e. The fourth-order valence-electron chi connectivity index (χ4n) is 2.77. The van der Waals surface area contributed by atoms with Gasteiger partial charge in [-0.25, -0.2) is 9.18 Å². The van der Waals surface area contributed by atoms with E-state index in [9.17, 15) is 9.18 Å². The van der Waals surface area contributed by atoms with E-state index in [1.165, 1.54) is 12.1 Å². The van der Waals surface area contributed by atoms with E-state index in [-0.39, 0.29) is 22.8 Å². The van der Waals surface area contributed by atoms with Crippen LogP contribution in [0.4, 0.5) is 10.1 Å². The molecule has 20 heavy (non-hydrogen) atoms. The lowest BCUT2D eigenvalue weighted by atomic mass is 9.94. The van der Waals surface area contributed by atoms with Gasteiger partial charge in [0, 0.05) is 5.69 Å². The number of ether oxygens (including phenoxy) is 1. The molecular weight excluding hydrogens is 261 g/mol. The summed E-state index contributed by atoms with van der Waals surface area (Å²) in [6.45, 7) is 8.01. The van der Waals surface area contributed by atoms with Crippen LogP contribution < -0.4 is 5.32 Å². The monoisotopic (exact) mass is 281 g/mol. The van der Waals surface area contributed by atoms with Gasteiger partial charge in [0.1, 0.15) is 5.82 Å². The van der Waals surface area contributed by atoms with Crippen molar-refractivity contribution in [3.05, 3.63) is 29.6 Å². The number of carboxylic acids is 1. The SMILES string of the molecule is CC1(C)CC(Nc2ccc(F)c(C(=O)O)c2)C(C)(C)O1. The molecule has 5 heteroatoms. The number of hydrogen-bond donors (Lipinski definition) is 2. The van der Waals surface area contributed by atoms with Crippen molar-refractivity contribution in [1.82, 2.24) is 0 Å². The standard InChI is InChI=1S/C15H20FNO3/c1-14(2)8-12(15(3,4)20-14)17-9-5-6-11(16)10(7-9)13(18)19/h5-7,12,17H,8H2,1-4H3,(H,18,19). The van der Waals surface area contributed by atoms with E-state index < -0.39 is 11.8 Å². The average Bonchev–Trinajstić information content (AvgIpc) is 2.49. The lowest BCUT2D eigenvalue weighted by Crippen LogP contribution is -2.38. The zero-order valence-electron chi connectivity index (χ0n) is 12.2. The first-order valence-corrected chi connectivity index (χ1v) is 6.60. The average molecular weight is 281 g/mol. The van der Waals surface area contributed by atoms with E-state index in [2.05, 4.69) is 5.32 Å². The Labute approximate surface area is 117 Å². The third-order valence-corrected chi connectivity index (χ3v) is 3.61. The fourth-order valence-corrected chi connectivity index (χ4v) is 2.77. The molecule has 0 aliphatic carbocycles. The van der Waals surface area contributed by atoms with Crippen molar-refractivity contribution in [2.45, 2.75) is 51.4 Å². The van der Waals surface area contributed by atoms with Gasteiger partial charge in [0.15, 0.2) is 0 Å². The molecule has 1 aromatic carbocycles. The van der Waals surface area contributed by atoms with E-state index in [0.717, 1.165) is 6.42 Å². The molecule has 0 saturated carbocycles. The number of carboxylic acid groups (broad SMARTS) is 1. The number of halogens is 1. The minimum Gasteiger partial charge on any atom is -0.478 e. The molecule has 0 bridgehead atoms. The molecular formula is C15H20FNO3. The van der Waals surface area contributed by atoms with Crippen molar-refractivity contribution >= 4 is 11.7 Å². The largest absolute Gasteiger partial charge is 0.478 e. The molecule has 2 N–H and O–H groups in total. The van der Waals surface area contributed by atoms with Crippen LogP contribution in [0.3, 0.4) is 0 Å². The first kappa shape index (κ1) is 14.8. The molecule has 0 amide bonds. The van der Waals surface area contributed by atoms with Crippen molar-refractivity contribution in [2.75, 3.05) is 5.32 Å². The maximum atomic E-state index is 13.4. The number of rotatable bonds is 3. The first-order valence-electron chi connectivity index (χ1n) is 6.60. The number of anilines is 1. The zero-order chi connectivity index (χ0) is 15.1. The van der Waals surface area contributed by atoms with Crippen LogP contribution in [0, 0.1) is 5.82 Å². The highest BCUT2D eigenvalue weighted by Crippen LogP contribution is 2.38. The van der Waals surface area contributed by atoms with E-state index >= 15 is 0 Å². The van der Waals surface area contributed by atoms with Crippen LogP contribution in [-0.4, -0.2) is 28.3 Å². The Morgan fingerprint density at radius 3 is 2.55 bits per heavy atom. The van der Waals surface area contributed by atoms with Gasteiger partial charge in [-0.2, -0.15) is 0 Å². The fraction of sp³-hybridized carbons (Fsp3) is 0.533. The van der Waals surface area contributed by atoms with Crippen LogP contribution >= 0.6 is 0 Å². The molecule has 1 aliphatic heterocycles. The molecule has 0 spiro atoms. The van der Waals surface area contributed by atoms with Gasteiger partial charge in [-0.15, -0.1) is 0 Å². The summed E-state index contributed by atoms with van der Waals surface area (Å²) in [6.07, 6.45) is 0.791. The van der Waals surface area contributed by atoms with E-state index in [4.69, 9.17) is 9.84 Å². The third-order valence-electron chi connectivity index (χ3n) is 3.61. The molecule has 0 aromatic heterocycles. The van der Waals surface area contributed by atoms with Crippen molar-refractivity contribution in [2.24, 2.45) is 0 Å². The van der Waals surface area contributed by atoms with Crippen LogP contribution in [0.2, 0.25) is 0 Å². The van der Waals surface area contributed by atoms with Gasteiger partial charge in [0.05, 0.1) is 22.8 Å². The van der Waals surface area contributed by atoms with Gasteiger partial charge >= 0.3 is 5.97 Å². The van der Waals surface area contributed by atoms with E-state index in [0.29, 0.717) is 5.69 Å². The van der Waals surface area contributed by atoms with Crippen molar-refractivity contribution in [3.63, 3.8) is 0 Å². The molecule has 1 saturated heterocycles. The molecule has 2 rings (SSSR count). The summed E-state index contributed by atoms with van der Waals surface area (Å²) in [7, 11) is 0. The van der Waals surface area contributed by atoms with Crippen molar-refractivity contribution in [1.29, 1.82) is 0 Å². The van der Waals surface area contributed by atoms with Crippen LogP contribution in [0.5, 0.6) is 0 Å². The third kappa shape index (κ3) is 2.93. The number of nitrogens with one attached hydrogen (secondary N) is 1. The minimum absolute atomic E-state index is 0.0320. The van der Waals surface area contributed by atoms with Gasteiger partial charge in [-0.3, -0.25) is 0 Å². The Bertz CT molecular complexity index is 540. The molecule has 1 aliphatic rings. The van der Waals surface area contributed by atoms with Gasteiger partial charge < -0.3 is 15.2 Å². The Balaban J connectivity index is 2.23. The lowest BCUT2D eigenvalue weighted by Gasteiger charge is -2.28. The van der Waals surface area contributed by atoms with Crippen molar-refractivity contribution in [3.8, 4) is 0 Å². The quantitative estimate of drug-likeness (QED) is 0.892. The summed E-state index contributed by atoms with van der Waals surface area (Å²) in [6, 6.07) is 4.06. The summed E-state index contributed by atoms with van der Waals surface area (Å²) < 4.78 is 19.3. The minimum atomic E-state index is -1.27. The Morgan fingerprint density at radius 1 is 1.40 bits per heavy atom. The second kappa shape index (κ2) is 4.74. The van der Waals surface area contributed by atoms with E-state index in [1.54, 1.807) is 6.07 Å². The second-order valence-electron chi connectivity index (χ2n) is 6.37. The topological polar surface area (TPSA) is 58.6 Å². The highest BCUT2D eigenvalue weighted by Gasteiger charge is 2.45. The van der Waals surface area contributed by atoms with Crippen molar-refractivity contribution < 1.29 is 19.0 Å². The molecule has 1 unspecified atom stereocenters. The van der Waals surface area contributed by atoms with Crippen LogP contribution in [-0.2, 0) is 4.74 Å². The first-order chi connectivity index (χ1) is 9.11. The van der Waals surface area contributed by atoms with Gasteiger partial charge in [-0.05, 0) is 52.3 Å². The number of hydrogen-bond acceptors (Lipinski definition) is 3. The molecule has 4 nitrogen and oxygen atoms in total. The smallest absolute Gasteiger partial charge is 0.338 e. The summed E-state index contributed by atoms with van der Waals surface area (Å²) in [4.78, 5) is 10.9. The van der Waals surface area contributed by atoms with Crippen LogP contribution in [0.1, 0.15) is 44.5 Å². The molecule has 1 heterocycles. The van der Waals surface area contributed by atoms with Crippen LogP contribution in [0.15, 0.2) is 18.2 Å². The predicted octanol–water partition coefficient (Wildman–Crippen LogP) is 3.28. The molecule has 1 aromatic rings. The maximum absolute atomic E-state index is 13.4.